The number of nitrogens with one attached hydrogen (secondary N) is 1. The van der Waals surface area contributed by atoms with Crippen LogP contribution in [0.5, 0.6) is 0 Å². The SMILES string of the molecule is CN(Cc1ccc(Cl)cc1Cl)C(=O)c1ccc(S(=O)(=O)NCC2CCCO2)cc1. The summed E-state index contributed by atoms with van der Waals surface area (Å²) in [7, 11) is -2.00. The number of nitrogens with zero attached hydrogens (tertiary/aromatic N) is 1. The van der Waals surface area contributed by atoms with E-state index in [1.807, 2.05) is 0 Å². The Morgan fingerprint density at radius 1 is 1.21 bits per heavy atom. The molecular formula is C20H22Cl2N2O4S. The molecule has 1 amide bonds. The maximum atomic E-state index is 12.7. The van der Waals surface area contributed by atoms with Crippen molar-refractivity contribution >= 4 is 39.1 Å². The molecule has 0 aromatic heterocycles. The molecule has 0 radical (unpaired) electrons. The van der Waals surface area contributed by atoms with Crippen LogP contribution in [0.1, 0.15) is 28.8 Å². The number of hydrogen-bond acceptors (Lipinski definition) is 4. The van der Waals surface area contributed by atoms with Crippen molar-refractivity contribution in [2.75, 3.05) is 20.2 Å². The van der Waals surface area contributed by atoms with Crippen LogP contribution in [0.4, 0.5) is 0 Å². The topological polar surface area (TPSA) is 75.7 Å². The Labute approximate surface area is 180 Å². The number of ether oxygens (including phenoxy) is 1. The van der Waals surface area contributed by atoms with Gasteiger partial charge in [-0.1, -0.05) is 29.3 Å². The third kappa shape index (κ3) is 5.71. The fourth-order valence-corrected chi connectivity index (χ4v) is 4.60. The highest BCUT2D eigenvalue weighted by atomic mass is 35.5. The molecule has 0 saturated carbocycles. The first-order valence-corrected chi connectivity index (χ1v) is 11.4. The number of hydrogen-bond donors (Lipinski definition) is 1. The van der Waals surface area contributed by atoms with E-state index in [1.54, 1.807) is 25.2 Å². The summed E-state index contributed by atoms with van der Waals surface area (Å²) in [5.74, 6) is -0.243. The molecule has 1 aliphatic rings. The van der Waals surface area contributed by atoms with Gasteiger partial charge in [0.05, 0.1) is 11.0 Å². The largest absolute Gasteiger partial charge is 0.377 e. The normalized spacial score (nSPS) is 16.7. The summed E-state index contributed by atoms with van der Waals surface area (Å²) in [6, 6.07) is 11.0. The highest BCUT2D eigenvalue weighted by molar-refractivity contribution is 7.89. The zero-order valence-electron chi connectivity index (χ0n) is 15.9. The van der Waals surface area contributed by atoms with Gasteiger partial charge >= 0.3 is 0 Å². The highest BCUT2D eigenvalue weighted by Crippen LogP contribution is 2.22. The second kappa shape index (κ2) is 9.45. The average molecular weight is 457 g/mol. The summed E-state index contributed by atoms with van der Waals surface area (Å²) in [5, 5.41) is 1.01. The Kier molecular flexibility index (Phi) is 7.19. The summed E-state index contributed by atoms with van der Waals surface area (Å²) < 4.78 is 32.8. The zero-order valence-corrected chi connectivity index (χ0v) is 18.2. The fourth-order valence-electron chi connectivity index (χ4n) is 3.07. The molecule has 2 aromatic carbocycles. The Morgan fingerprint density at radius 2 is 1.93 bits per heavy atom. The zero-order chi connectivity index (χ0) is 21.0. The molecule has 29 heavy (non-hydrogen) atoms. The third-order valence-electron chi connectivity index (χ3n) is 4.71. The molecule has 1 aliphatic heterocycles. The number of halogens is 2. The first-order valence-electron chi connectivity index (χ1n) is 9.17. The van der Waals surface area contributed by atoms with Crippen molar-refractivity contribution in [1.82, 2.24) is 9.62 Å². The maximum Gasteiger partial charge on any atom is 0.253 e. The number of benzene rings is 2. The van der Waals surface area contributed by atoms with E-state index in [0.29, 0.717) is 28.8 Å². The molecule has 3 rings (SSSR count). The lowest BCUT2D eigenvalue weighted by molar-refractivity contribution is 0.0785. The molecule has 1 heterocycles. The van der Waals surface area contributed by atoms with Gasteiger partial charge in [-0.3, -0.25) is 4.79 Å². The Bertz CT molecular complexity index is 974. The molecule has 0 spiro atoms. The van der Waals surface area contributed by atoms with Crippen molar-refractivity contribution in [2.24, 2.45) is 0 Å². The van der Waals surface area contributed by atoms with Crippen LogP contribution in [-0.4, -0.2) is 45.5 Å². The van der Waals surface area contributed by atoms with Crippen molar-refractivity contribution in [3.63, 3.8) is 0 Å². The van der Waals surface area contributed by atoms with Crippen LogP contribution in [0.25, 0.3) is 0 Å². The van der Waals surface area contributed by atoms with E-state index in [2.05, 4.69) is 4.72 Å². The number of rotatable bonds is 7. The quantitative estimate of drug-likeness (QED) is 0.688. The van der Waals surface area contributed by atoms with E-state index in [1.165, 1.54) is 29.2 Å². The van der Waals surface area contributed by atoms with Crippen LogP contribution in [0.3, 0.4) is 0 Å². The molecule has 2 aromatic rings. The van der Waals surface area contributed by atoms with E-state index in [-0.39, 0.29) is 23.5 Å². The summed E-state index contributed by atoms with van der Waals surface area (Å²) in [5.41, 5.74) is 1.15. The van der Waals surface area contributed by atoms with Crippen LogP contribution >= 0.6 is 23.2 Å². The average Bonchev–Trinajstić information content (AvgIpc) is 3.22. The van der Waals surface area contributed by atoms with Gasteiger partial charge < -0.3 is 9.64 Å². The number of carbonyl (C=O) groups excluding carboxylic acids is 1. The number of carbonyl (C=O) groups is 1. The van der Waals surface area contributed by atoms with E-state index in [9.17, 15) is 13.2 Å². The minimum Gasteiger partial charge on any atom is -0.377 e. The van der Waals surface area contributed by atoms with Crippen LogP contribution in [0, 0.1) is 0 Å². The predicted octanol–water partition coefficient (Wildman–Crippen LogP) is 3.72. The van der Waals surface area contributed by atoms with E-state index in [4.69, 9.17) is 27.9 Å². The van der Waals surface area contributed by atoms with Gasteiger partial charge in [0.25, 0.3) is 5.91 Å². The minimum atomic E-state index is -3.65. The van der Waals surface area contributed by atoms with E-state index in [0.717, 1.165) is 18.4 Å². The van der Waals surface area contributed by atoms with Crippen LogP contribution < -0.4 is 4.72 Å². The molecule has 6 nitrogen and oxygen atoms in total. The standard InChI is InChI=1S/C20H22Cl2N2O4S/c1-24(13-15-4-7-16(21)11-19(15)22)20(25)14-5-8-18(9-6-14)29(26,27)23-12-17-3-2-10-28-17/h4-9,11,17,23H,2-3,10,12-13H2,1H3. The summed E-state index contributed by atoms with van der Waals surface area (Å²) in [6.45, 7) is 1.21. The van der Waals surface area contributed by atoms with Crippen molar-refractivity contribution in [2.45, 2.75) is 30.4 Å². The summed E-state index contributed by atoms with van der Waals surface area (Å²) in [4.78, 5) is 14.3. The first kappa shape index (κ1) is 22.1. The Balaban J connectivity index is 1.64. The minimum absolute atomic E-state index is 0.0843. The van der Waals surface area contributed by atoms with E-state index < -0.39 is 10.0 Å². The lowest BCUT2D eigenvalue weighted by atomic mass is 10.1. The van der Waals surface area contributed by atoms with Gasteiger partial charge in [-0.25, -0.2) is 13.1 Å². The van der Waals surface area contributed by atoms with Gasteiger partial charge in [0.2, 0.25) is 10.0 Å². The van der Waals surface area contributed by atoms with Gasteiger partial charge in [0.15, 0.2) is 0 Å². The van der Waals surface area contributed by atoms with Crippen molar-refractivity contribution in [3.05, 3.63) is 63.6 Å². The molecular weight excluding hydrogens is 435 g/mol. The smallest absolute Gasteiger partial charge is 0.253 e. The Hall–Kier alpha value is -1.64. The monoisotopic (exact) mass is 456 g/mol. The molecule has 0 aliphatic carbocycles. The lowest BCUT2D eigenvalue weighted by Gasteiger charge is -2.18. The van der Waals surface area contributed by atoms with Crippen molar-refractivity contribution in [1.29, 1.82) is 0 Å². The molecule has 1 N–H and O–H groups in total. The fraction of sp³-hybridized carbons (Fsp3) is 0.350. The first-order chi connectivity index (χ1) is 13.8. The number of amides is 1. The summed E-state index contributed by atoms with van der Waals surface area (Å²) in [6.07, 6.45) is 1.71. The predicted molar refractivity (Wildman–Crippen MR) is 113 cm³/mol. The second-order valence-electron chi connectivity index (χ2n) is 6.91. The Morgan fingerprint density at radius 3 is 2.55 bits per heavy atom. The highest BCUT2D eigenvalue weighted by Gasteiger charge is 2.21. The van der Waals surface area contributed by atoms with Crippen molar-refractivity contribution < 1.29 is 17.9 Å². The van der Waals surface area contributed by atoms with Gasteiger partial charge in [0.1, 0.15) is 0 Å². The second-order valence-corrected chi connectivity index (χ2v) is 9.52. The molecule has 1 atom stereocenters. The lowest BCUT2D eigenvalue weighted by Crippen LogP contribution is -2.32. The van der Waals surface area contributed by atoms with Crippen LogP contribution in [0.15, 0.2) is 47.4 Å². The maximum absolute atomic E-state index is 12.7. The third-order valence-corrected chi connectivity index (χ3v) is 6.73. The molecule has 9 heteroatoms. The molecule has 1 unspecified atom stereocenters. The van der Waals surface area contributed by atoms with Gasteiger partial charge in [-0.15, -0.1) is 0 Å². The van der Waals surface area contributed by atoms with Gasteiger partial charge in [-0.2, -0.15) is 0 Å². The van der Waals surface area contributed by atoms with Crippen molar-refractivity contribution in [3.8, 4) is 0 Å². The number of sulfonamides is 1. The van der Waals surface area contributed by atoms with Gasteiger partial charge in [-0.05, 0) is 54.8 Å². The van der Waals surface area contributed by atoms with Gasteiger partial charge in [0, 0.05) is 42.4 Å². The van der Waals surface area contributed by atoms with Crippen LogP contribution in [-0.2, 0) is 21.3 Å². The molecule has 1 saturated heterocycles. The molecule has 1 fully saturated rings. The van der Waals surface area contributed by atoms with E-state index >= 15 is 0 Å². The molecule has 156 valence electrons. The van der Waals surface area contributed by atoms with Crippen LogP contribution in [0.2, 0.25) is 10.0 Å². The molecule has 0 bridgehead atoms. The summed E-state index contributed by atoms with van der Waals surface area (Å²) >= 11 is 12.1.